The monoisotopic (exact) mass is 324 g/mol. The maximum Gasteiger partial charge on any atom is 0.319 e. The van der Waals surface area contributed by atoms with Gasteiger partial charge < -0.3 is 15.4 Å². The van der Waals surface area contributed by atoms with E-state index >= 15 is 0 Å². The lowest BCUT2D eigenvalue weighted by Gasteiger charge is -2.15. The van der Waals surface area contributed by atoms with Crippen LogP contribution in [0, 0.1) is 0 Å². The number of carbonyl (C=O) groups is 1. The van der Waals surface area contributed by atoms with Gasteiger partial charge in [0.1, 0.15) is 5.75 Å². The van der Waals surface area contributed by atoms with E-state index in [1.807, 2.05) is 36.4 Å². The summed E-state index contributed by atoms with van der Waals surface area (Å²) in [5, 5.41) is 5.95. The molecule has 0 saturated heterocycles. The summed E-state index contributed by atoms with van der Waals surface area (Å²) in [4.78, 5) is 12.2. The van der Waals surface area contributed by atoms with Crippen LogP contribution in [-0.2, 0) is 6.42 Å². The molecule has 0 bridgehead atoms. The van der Waals surface area contributed by atoms with E-state index < -0.39 is 0 Å². The van der Waals surface area contributed by atoms with Gasteiger partial charge in [-0.1, -0.05) is 37.6 Å². The molecule has 2 N–H and O–H groups in total. The predicted molar refractivity (Wildman–Crippen MR) is 96.5 cm³/mol. The number of nitrogens with one attached hydrogen (secondary N) is 2. The standard InChI is InChI=1S/C20H24N2O2/c1-2-3-14-24-17-11-9-16(10-12-17)21-20(23)22-19-13-8-15-6-4-5-7-18(15)19/h4-7,9-12,19H,2-3,8,13-14H2,1H3,(H2,21,22,23). The molecule has 1 unspecified atom stereocenters. The highest BCUT2D eigenvalue weighted by Crippen LogP contribution is 2.30. The van der Waals surface area contributed by atoms with Crippen LogP contribution in [0.25, 0.3) is 0 Å². The molecule has 4 heteroatoms. The number of benzene rings is 2. The molecule has 0 spiro atoms. The Bertz CT molecular complexity index is 682. The van der Waals surface area contributed by atoms with E-state index in [0.717, 1.165) is 43.7 Å². The van der Waals surface area contributed by atoms with Crippen molar-refractivity contribution in [2.75, 3.05) is 11.9 Å². The average Bonchev–Trinajstić information content (AvgIpc) is 3.00. The van der Waals surface area contributed by atoms with Crippen LogP contribution in [0.3, 0.4) is 0 Å². The van der Waals surface area contributed by atoms with Crippen LogP contribution in [0.5, 0.6) is 5.75 Å². The molecule has 0 aromatic heterocycles. The van der Waals surface area contributed by atoms with Crippen molar-refractivity contribution in [2.45, 2.75) is 38.6 Å². The number of hydrogen-bond acceptors (Lipinski definition) is 2. The van der Waals surface area contributed by atoms with Crippen LogP contribution in [0.15, 0.2) is 48.5 Å². The smallest absolute Gasteiger partial charge is 0.319 e. The van der Waals surface area contributed by atoms with Gasteiger partial charge in [-0.15, -0.1) is 0 Å². The molecule has 4 nitrogen and oxygen atoms in total. The molecule has 2 aromatic carbocycles. The summed E-state index contributed by atoms with van der Waals surface area (Å²) >= 11 is 0. The molecule has 0 fully saturated rings. The van der Waals surface area contributed by atoms with Gasteiger partial charge in [0.05, 0.1) is 12.6 Å². The molecule has 3 rings (SSSR count). The number of rotatable bonds is 6. The maximum atomic E-state index is 12.2. The molecular weight excluding hydrogens is 300 g/mol. The predicted octanol–water partition coefficient (Wildman–Crippen LogP) is 4.67. The van der Waals surface area contributed by atoms with Gasteiger partial charge in [-0.2, -0.15) is 0 Å². The first-order chi connectivity index (χ1) is 11.8. The van der Waals surface area contributed by atoms with Crippen LogP contribution in [0.1, 0.15) is 43.4 Å². The lowest BCUT2D eigenvalue weighted by molar-refractivity contribution is 0.248. The molecule has 24 heavy (non-hydrogen) atoms. The highest BCUT2D eigenvalue weighted by Gasteiger charge is 2.23. The quantitative estimate of drug-likeness (QED) is 0.758. The van der Waals surface area contributed by atoms with Gasteiger partial charge in [0.2, 0.25) is 0 Å². The Kier molecular flexibility index (Phi) is 5.36. The van der Waals surface area contributed by atoms with Crippen molar-refractivity contribution >= 4 is 11.7 Å². The first-order valence-electron chi connectivity index (χ1n) is 8.64. The Morgan fingerprint density at radius 3 is 2.75 bits per heavy atom. The number of urea groups is 1. The van der Waals surface area contributed by atoms with Crippen LogP contribution in [0.2, 0.25) is 0 Å². The molecule has 0 radical (unpaired) electrons. The topological polar surface area (TPSA) is 50.4 Å². The Morgan fingerprint density at radius 2 is 1.96 bits per heavy atom. The molecule has 126 valence electrons. The molecule has 2 amide bonds. The lowest BCUT2D eigenvalue weighted by Crippen LogP contribution is -2.31. The van der Waals surface area contributed by atoms with Crippen molar-refractivity contribution < 1.29 is 9.53 Å². The van der Waals surface area contributed by atoms with Gasteiger partial charge in [-0.05, 0) is 54.7 Å². The Morgan fingerprint density at radius 1 is 1.17 bits per heavy atom. The van der Waals surface area contributed by atoms with Gasteiger partial charge in [0.15, 0.2) is 0 Å². The van der Waals surface area contributed by atoms with E-state index in [1.54, 1.807) is 0 Å². The van der Waals surface area contributed by atoms with Crippen molar-refractivity contribution in [3.05, 3.63) is 59.7 Å². The van der Waals surface area contributed by atoms with Crippen molar-refractivity contribution in [1.82, 2.24) is 5.32 Å². The lowest BCUT2D eigenvalue weighted by atomic mass is 10.1. The Labute approximate surface area is 143 Å². The van der Waals surface area contributed by atoms with Crippen LogP contribution in [-0.4, -0.2) is 12.6 Å². The number of ether oxygens (including phenoxy) is 1. The number of anilines is 1. The maximum absolute atomic E-state index is 12.2. The second-order valence-corrected chi connectivity index (χ2v) is 6.11. The van der Waals surface area contributed by atoms with E-state index in [4.69, 9.17) is 4.74 Å². The van der Waals surface area contributed by atoms with Crippen molar-refractivity contribution in [1.29, 1.82) is 0 Å². The zero-order valence-electron chi connectivity index (χ0n) is 14.0. The fraction of sp³-hybridized carbons (Fsp3) is 0.350. The summed E-state index contributed by atoms with van der Waals surface area (Å²) in [5.41, 5.74) is 3.32. The van der Waals surface area contributed by atoms with E-state index in [9.17, 15) is 4.79 Å². The van der Waals surface area contributed by atoms with E-state index in [-0.39, 0.29) is 12.1 Å². The minimum absolute atomic E-state index is 0.0952. The average molecular weight is 324 g/mol. The normalized spacial score (nSPS) is 15.6. The van der Waals surface area contributed by atoms with Crippen LogP contribution < -0.4 is 15.4 Å². The molecule has 1 atom stereocenters. The third-order valence-corrected chi connectivity index (χ3v) is 4.32. The van der Waals surface area contributed by atoms with E-state index in [1.165, 1.54) is 11.1 Å². The third-order valence-electron chi connectivity index (χ3n) is 4.32. The molecule has 0 saturated carbocycles. The number of hydrogen-bond donors (Lipinski definition) is 2. The van der Waals surface area contributed by atoms with Gasteiger partial charge in [-0.3, -0.25) is 0 Å². The number of fused-ring (bicyclic) bond motifs is 1. The van der Waals surface area contributed by atoms with Crippen molar-refractivity contribution in [2.24, 2.45) is 0 Å². The summed E-state index contributed by atoms with van der Waals surface area (Å²) < 4.78 is 5.62. The van der Waals surface area contributed by atoms with E-state index in [0.29, 0.717) is 0 Å². The summed E-state index contributed by atoms with van der Waals surface area (Å²) in [6, 6.07) is 15.7. The van der Waals surface area contributed by atoms with Gasteiger partial charge in [-0.25, -0.2) is 4.79 Å². The fourth-order valence-electron chi connectivity index (χ4n) is 3.00. The minimum Gasteiger partial charge on any atom is -0.494 e. The summed E-state index contributed by atoms with van der Waals surface area (Å²) in [6.07, 6.45) is 4.14. The van der Waals surface area contributed by atoms with Crippen molar-refractivity contribution in [3.63, 3.8) is 0 Å². The minimum atomic E-state index is -0.170. The second-order valence-electron chi connectivity index (χ2n) is 6.11. The molecular formula is C20H24N2O2. The van der Waals surface area contributed by atoms with Gasteiger partial charge in [0.25, 0.3) is 0 Å². The summed E-state index contributed by atoms with van der Waals surface area (Å²) in [5.74, 6) is 0.833. The van der Waals surface area contributed by atoms with E-state index in [2.05, 4.69) is 29.7 Å². The Hall–Kier alpha value is -2.49. The fourth-order valence-corrected chi connectivity index (χ4v) is 3.00. The molecule has 2 aromatic rings. The third kappa shape index (κ3) is 4.07. The highest BCUT2D eigenvalue weighted by molar-refractivity contribution is 5.89. The van der Waals surface area contributed by atoms with Gasteiger partial charge in [0, 0.05) is 5.69 Å². The van der Waals surface area contributed by atoms with Gasteiger partial charge >= 0.3 is 6.03 Å². The second kappa shape index (κ2) is 7.86. The first-order valence-corrected chi connectivity index (χ1v) is 8.64. The zero-order chi connectivity index (χ0) is 16.8. The van der Waals surface area contributed by atoms with Crippen molar-refractivity contribution in [3.8, 4) is 5.75 Å². The number of amides is 2. The first kappa shape index (κ1) is 16.4. The van der Waals surface area contributed by atoms with Crippen LogP contribution >= 0.6 is 0 Å². The van der Waals surface area contributed by atoms with Crippen LogP contribution in [0.4, 0.5) is 10.5 Å². The molecule has 0 heterocycles. The summed E-state index contributed by atoms with van der Waals surface area (Å²) in [6.45, 7) is 2.86. The number of carbonyl (C=O) groups excluding carboxylic acids is 1. The molecule has 1 aliphatic rings. The largest absolute Gasteiger partial charge is 0.494 e. The molecule has 0 aliphatic heterocycles. The zero-order valence-corrected chi connectivity index (χ0v) is 14.0. The summed E-state index contributed by atoms with van der Waals surface area (Å²) in [7, 11) is 0. The molecule has 1 aliphatic carbocycles. The number of unbranched alkanes of at least 4 members (excludes halogenated alkanes) is 1. The Balaban J connectivity index is 1.52. The highest BCUT2D eigenvalue weighted by atomic mass is 16.5. The SMILES string of the molecule is CCCCOc1ccc(NC(=O)NC2CCc3ccccc32)cc1. The number of aryl methyl sites for hydroxylation is 1.